The number of rotatable bonds is 7. The molecule has 0 unspecified atom stereocenters. The van der Waals surface area contributed by atoms with Crippen molar-refractivity contribution in [2.75, 3.05) is 0 Å². The van der Waals surface area contributed by atoms with E-state index in [0.717, 1.165) is 50.0 Å². The quantitative estimate of drug-likeness (QED) is 0.165. The Morgan fingerprint density at radius 2 is 0.911 bits per heavy atom. The van der Waals surface area contributed by atoms with Gasteiger partial charge in [-0.15, -0.1) is 0 Å². The van der Waals surface area contributed by atoms with Gasteiger partial charge < -0.3 is 4.57 Å². The lowest BCUT2D eigenvalue weighted by Gasteiger charge is -2.12. The molecule has 0 bridgehead atoms. The fraction of sp³-hybridized carbons (Fsp3) is 0.0192. The van der Waals surface area contributed by atoms with E-state index in [1.54, 1.807) is 0 Å². The molecule has 4 nitrogen and oxygen atoms in total. The zero-order valence-electron chi connectivity index (χ0n) is 30.9. The molecule has 0 N–H and O–H groups in total. The molecular weight excluding hydrogens is 681 g/mol. The summed E-state index contributed by atoms with van der Waals surface area (Å²) >= 11 is 0. The summed E-state index contributed by atoms with van der Waals surface area (Å²) in [4.78, 5) is 15.1. The maximum Gasteiger partial charge on any atom is 0.164 e. The zero-order chi connectivity index (χ0) is 37.6. The second-order valence-electron chi connectivity index (χ2n) is 14.1. The summed E-state index contributed by atoms with van der Waals surface area (Å²) in [5.41, 5.74) is 9.59. The van der Waals surface area contributed by atoms with Crippen molar-refractivity contribution in [2.45, 2.75) is 6.92 Å². The molecule has 56 heavy (non-hydrogen) atoms. The minimum absolute atomic E-state index is 0.633. The summed E-state index contributed by atoms with van der Waals surface area (Å²) in [6.45, 7) is 6.30. The number of fused-ring (bicyclic) bond motifs is 5. The first-order valence-electron chi connectivity index (χ1n) is 18.9. The van der Waals surface area contributed by atoms with E-state index >= 15 is 0 Å². The van der Waals surface area contributed by atoms with E-state index in [4.69, 9.17) is 15.0 Å². The van der Waals surface area contributed by atoms with Crippen molar-refractivity contribution in [3.63, 3.8) is 0 Å². The molecule has 0 aliphatic carbocycles. The first kappa shape index (κ1) is 33.2. The van der Waals surface area contributed by atoms with E-state index in [1.165, 1.54) is 38.0 Å². The van der Waals surface area contributed by atoms with Gasteiger partial charge in [0.2, 0.25) is 0 Å². The van der Waals surface area contributed by atoms with Crippen LogP contribution in [0.15, 0.2) is 183 Å². The molecule has 0 aliphatic rings. The summed E-state index contributed by atoms with van der Waals surface area (Å²) < 4.78 is 2.34. The van der Waals surface area contributed by atoms with E-state index in [2.05, 4.69) is 200 Å². The molecule has 264 valence electrons. The van der Waals surface area contributed by atoms with Crippen molar-refractivity contribution in [3.8, 4) is 51.0 Å². The van der Waals surface area contributed by atoms with Crippen molar-refractivity contribution in [1.29, 1.82) is 0 Å². The molecule has 4 heteroatoms. The van der Waals surface area contributed by atoms with Gasteiger partial charge in [-0.1, -0.05) is 164 Å². The molecule has 0 radical (unpaired) electrons. The molecule has 0 spiro atoms. The fourth-order valence-electron chi connectivity index (χ4n) is 7.94. The normalized spacial score (nSPS) is 11.7. The number of hydrogen-bond acceptors (Lipinski definition) is 3. The largest absolute Gasteiger partial charge is 0.309 e. The van der Waals surface area contributed by atoms with Crippen molar-refractivity contribution < 1.29 is 0 Å². The van der Waals surface area contributed by atoms with Crippen LogP contribution in [-0.4, -0.2) is 19.5 Å². The molecular formula is C52H36N4. The van der Waals surface area contributed by atoms with Gasteiger partial charge in [-0.3, -0.25) is 0 Å². The Kier molecular flexibility index (Phi) is 8.15. The predicted octanol–water partition coefficient (Wildman–Crippen LogP) is 13.6. The third-order valence-corrected chi connectivity index (χ3v) is 10.7. The maximum absolute atomic E-state index is 5.06. The predicted molar refractivity (Wildman–Crippen MR) is 236 cm³/mol. The van der Waals surface area contributed by atoms with Gasteiger partial charge in [-0.05, 0) is 75.3 Å². The number of hydrogen-bond donors (Lipinski definition) is 0. The van der Waals surface area contributed by atoms with Crippen molar-refractivity contribution in [2.24, 2.45) is 0 Å². The standard InChI is InChI=1S/C52H36N4/c1-3-11-46-47-31-28-38-14-9-10-17-45(38)49(47)56(48(46)4-2)44-29-26-37(27-30-44)36-18-22-39(23-19-36)50-53-51(42-24-20-34-12-5-7-15-40(34)32-42)55-52(54-50)43-25-21-35-13-6-8-16-41(35)33-43/h3-33H,2H2,1H3/b11-3-. The van der Waals surface area contributed by atoms with Gasteiger partial charge in [-0.2, -0.15) is 0 Å². The maximum atomic E-state index is 5.06. The molecule has 2 heterocycles. The number of allylic oxidation sites excluding steroid dienone is 1. The van der Waals surface area contributed by atoms with Gasteiger partial charge in [-0.25, -0.2) is 15.0 Å². The van der Waals surface area contributed by atoms with Gasteiger partial charge in [0.25, 0.3) is 0 Å². The Labute approximate surface area is 325 Å². The Morgan fingerprint density at radius 1 is 0.446 bits per heavy atom. The lowest BCUT2D eigenvalue weighted by atomic mass is 10.0. The second kappa shape index (κ2) is 13.8. The summed E-state index contributed by atoms with van der Waals surface area (Å²) in [5.74, 6) is 1.92. The molecule has 0 aliphatic heterocycles. The Hall–Kier alpha value is -7.43. The van der Waals surface area contributed by atoms with Crippen LogP contribution in [0.1, 0.15) is 18.2 Å². The SMILES string of the molecule is C=Cc1c(/C=C\C)c2ccc3ccccc3c2n1-c1ccc(-c2ccc(-c3nc(-c4ccc5ccccc5c4)nc(-c4ccc5ccccc5c4)n3)cc2)cc1. The van der Waals surface area contributed by atoms with Crippen LogP contribution in [0, 0.1) is 0 Å². The number of benzene rings is 8. The second-order valence-corrected chi connectivity index (χ2v) is 14.1. The van der Waals surface area contributed by atoms with Gasteiger partial charge in [0.05, 0.1) is 11.2 Å². The van der Waals surface area contributed by atoms with Crippen molar-refractivity contribution in [1.82, 2.24) is 19.5 Å². The van der Waals surface area contributed by atoms with Crippen LogP contribution in [0.25, 0.3) is 106 Å². The highest BCUT2D eigenvalue weighted by Gasteiger charge is 2.18. The van der Waals surface area contributed by atoms with Crippen molar-refractivity contribution >= 4 is 55.4 Å². The number of nitrogens with zero attached hydrogens (tertiary/aromatic N) is 4. The summed E-state index contributed by atoms with van der Waals surface area (Å²) in [5, 5.41) is 8.29. The Balaban J connectivity index is 1.04. The monoisotopic (exact) mass is 716 g/mol. The van der Waals surface area contributed by atoms with E-state index in [-0.39, 0.29) is 0 Å². The van der Waals surface area contributed by atoms with Crippen LogP contribution in [0.4, 0.5) is 0 Å². The molecule has 0 saturated carbocycles. The van der Waals surface area contributed by atoms with Crippen LogP contribution in [0.3, 0.4) is 0 Å². The van der Waals surface area contributed by atoms with E-state index in [1.807, 2.05) is 6.08 Å². The third-order valence-electron chi connectivity index (χ3n) is 10.7. The first-order chi connectivity index (χ1) is 27.6. The molecule has 0 saturated heterocycles. The smallest absolute Gasteiger partial charge is 0.164 e. The van der Waals surface area contributed by atoms with E-state index < -0.39 is 0 Å². The summed E-state index contributed by atoms with van der Waals surface area (Å²) in [6.07, 6.45) is 6.25. The number of aromatic nitrogens is 4. The highest BCUT2D eigenvalue weighted by atomic mass is 15.0. The average Bonchev–Trinajstić information content (AvgIpc) is 3.59. The Bertz CT molecular complexity index is 3050. The fourth-order valence-corrected chi connectivity index (χ4v) is 7.94. The van der Waals surface area contributed by atoms with Crippen LogP contribution >= 0.6 is 0 Å². The highest BCUT2D eigenvalue weighted by molar-refractivity contribution is 6.11. The van der Waals surface area contributed by atoms with Crippen LogP contribution < -0.4 is 0 Å². The first-order valence-corrected chi connectivity index (χ1v) is 18.9. The minimum Gasteiger partial charge on any atom is -0.309 e. The molecule has 2 aromatic heterocycles. The molecule has 0 fully saturated rings. The van der Waals surface area contributed by atoms with Gasteiger partial charge in [0, 0.05) is 38.7 Å². The lowest BCUT2D eigenvalue weighted by molar-refractivity contribution is 1.08. The molecule has 0 amide bonds. The summed E-state index contributed by atoms with van der Waals surface area (Å²) in [7, 11) is 0. The molecule has 10 rings (SSSR count). The average molecular weight is 717 g/mol. The minimum atomic E-state index is 0.633. The third kappa shape index (κ3) is 5.76. The Morgan fingerprint density at radius 3 is 1.48 bits per heavy atom. The summed E-state index contributed by atoms with van der Waals surface area (Å²) in [6, 6.07) is 59.8. The molecule has 8 aromatic carbocycles. The molecule has 10 aromatic rings. The van der Waals surface area contributed by atoms with E-state index in [0.29, 0.717) is 17.5 Å². The lowest BCUT2D eigenvalue weighted by Crippen LogP contribution is -2.00. The van der Waals surface area contributed by atoms with Crippen LogP contribution in [-0.2, 0) is 0 Å². The zero-order valence-corrected chi connectivity index (χ0v) is 30.9. The molecule has 0 atom stereocenters. The highest BCUT2D eigenvalue weighted by Crippen LogP contribution is 2.37. The van der Waals surface area contributed by atoms with Gasteiger partial charge in [0.15, 0.2) is 17.5 Å². The van der Waals surface area contributed by atoms with Gasteiger partial charge in [0.1, 0.15) is 0 Å². The van der Waals surface area contributed by atoms with E-state index in [9.17, 15) is 0 Å². The van der Waals surface area contributed by atoms with Crippen molar-refractivity contribution in [3.05, 3.63) is 194 Å². The van der Waals surface area contributed by atoms with Crippen LogP contribution in [0.5, 0.6) is 0 Å². The van der Waals surface area contributed by atoms with Crippen LogP contribution in [0.2, 0.25) is 0 Å². The topological polar surface area (TPSA) is 43.6 Å². The van der Waals surface area contributed by atoms with Gasteiger partial charge >= 0.3 is 0 Å².